The van der Waals surface area contributed by atoms with Crippen LogP contribution >= 0.6 is 11.3 Å². The molecule has 2 aromatic rings. The first-order valence-corrected chi connectivity index (χ1v) is 12.2. The Morgan fingerprint density at radius 3 is 2.45 bits per heavy atom. The average molecular weight is 436 g/mol. The maximum absolute atomic E-state index is 12.6. The molecule has 156 valence electrons. The zero-order valence-corrected chi connectivity index (χ0v) is 18.2. The maximum atomic E-state index is 12.6. The van der Waals surface area contributed by atoms with Crippen molar-refractivity contribution in [3.63, 3.8) is 0 Å². The Morgan fingerprint density at radius 1 is 1.10 bits per heavy atom. The molecule has 1 N–H and O–H groups in total. The fourth-order valence-corrected chi connectivity index (χ4v) is 5.66. The molecule has 29 heavy (non-hydrogen) atoms. The third-order valence-corrected chi connectivity index (χ3v) is 8.05. The highest BCUT2D eigenvalue weighted by Crippen LogP contribution is 2.38. The number of fused-ring (bicyclic) bond motifs is 1. The van der Waals surface area contributed by atoms with Crippen LogP contribution in [-0.2, 0) is 38.6 Å². The summed E-state index contributed by atoms with van der Waals surface area (Å²) >= 11 is 1.45. The first-order chi connectivity index (χ1) is 13.9. The third-order valence-electron chi connectivity index (χ3n) is 5.09. The van der Waals surface area contributed by atoms with E-state index < -0.39 is 15.8 Å². The summed E-state index contributed by atoms with van der Waals surface area (Å²) in [5.41, 5.74) is 2.19. The van der Waals surface area contributed by atoms with E-state index in [2.05, 4.69) is 5.32 Å². The highest BCUT2D eigenvalue weighted by atomic mass is 32.2. The first kappa shape index (κ1) is 21.5. The van der Waals surface area contributed by atoms with Gasteiger partial charge in [0.05, 0.1) is 29.7 Å². The summed E-state index contributed by atoms with van der Waals surface area (Å²) in [4.78, 5) is 26.3. The van der Waals surface area contributed by atoms with Crippen LogP contribution < -0.4 is 5.32 Å². The number of hydrogen-bond acceptors (Lipinski definition) is 6. The second-order valence-electron chi connectivity index (χ2n) is 7.03. The van der Waals surface area contributed by atoms with Crippen molar-refractivity contribution in [2.75, 3.05) is 18.2 Å². The number of ether oxygens (including phenoxy) is 1. The van der Waals surface area contributed by atoms with Gasteiger partial charge in [0.15, 0.2) is 9.84 Å². The molecule has 0 unspecified atom stereocenters. The summed E-state index contributed by atoms with van der Waals surface area (Å²) in [6.45, 7) is 1.60. The summed E-state index contributed by atoms with van der Waals surface area (Å²) in [6, 6.07) is 6.34. The fraction of sp³-hybridized carbons (Fsp3) is 0.429. The van der Waals surface area contributed by atoms with Crippen LogP contribution in [0.4, 0.5) is 5.00 Å². The van der Waals surface area contributed by atoms with Crippen molar-refractivity contribution in [1.29, 1.82) is 0 Å². The van der Waals surface area contributed by atoms with E-state index in [9.17, 15) is 18.0 Å². The van der Waals surface area contributed by atoms with Crippen LogP contribution in [0.5, 0.6) is 0 Å². The van der Waals surface area contributed by atoms with Gasteiger partial charge in [-0.25, -0.2) is 13.2 Å². The van der Waals surface area contributed by atoms with Crippen LogP contribution in [0.1, 0.15) is 52.5 Å². The molecule has 8 heteroatoms. The third kappa shape index (κ3) is 4.87. The van der Waals surface area contributed by atoms with Crippen molar-refractivity contribution in [2.24, 2.45) is 0 Å². The van der Waals surface area contributed by atoms with E-state index in [0.29, 0.717) is 16.1 Å². The van der Waals surface area contributed by atoms with E-state index in [1.165, 1.54) is 30.6 Å². The quantitative estimate of drug-likeness (QED) is 0.551. The standard InChI is InChI=1S/C21H25NO5S2/c1-3-29(25,26)15-11-9-14(10-12-15)13-18(23)22-20-19(21(24)27-2)16-7-5-4-6-8-17(16)28-20/h9-12H,3-8,13H2,1-2H3,(H,22,23). The normalized spacial score (nSPS) is 14.0. The van der Waals surface area contributed by atoms with Gasteiger partial charge < -0.3 is 10.1 Å². The van der Waals surface area contributed by atoms with Crippen LogP contribution in [0.15, 0.2) is 29.2 Å². The molecule has 0 spiro atoms. The van der Waals surface area contributed by atoms with E-state index >= 15 is 0 Å². The van der Waals surface area contributed by atoms with Crippen LogP contribution in [0.3, 0.4) is 0 Å². The Bertz CT molecular complexity index is 1010. The van der Waals surface area contributed by atoms with E-state index in [-0.39, 0.29) is 23.0 Å². The number of rotatable bonds is 6. The van der Waals surface area contributed by atoms with Gasteiger partial charge in [0, 0.05) is 4.88 Å². The number of hydrogen-bond donors (Lipinski definition) is 1. The van der Waals surface area contributed by atoms with Gasteiger partial charge in [-0.3, -0.25) is 4.79 Å². The molecule has 1 aromatic heterocycles. The number of nitrogens with one attached hydrogen (secondary N) is 1. The van der Waals surface area contributed by atoms with Gasteiger partial charge in [-0.2, -0.15) is 0 Å². The molecule has 1 heterocycles. The number of aryl methyl sites for hydroxylation is 1. The summed E-state index contributed by atoms with van der Waals surface area (Å²) in [6.07, 6.45) is 5.05. The number of carbonyl (C=O) groups is 2. The van der Waals surface area contributed by atoms with Gasteiger partial charge in [0.25, 0.3) is 0 Å². The topological polar surface area (TPSA) is 89.5 Å². The molecule has 1 aliphatic rings. The summed E-state index contributed by atoms with van der Waals surface area (Å²) < 4.78 is 28.8. The second kappa shape index (κ2) is 9.09. The van der Waals surface area contributed by atoms with Gasteiger partial charge >= 0.3 is 5.97 Å². The average Bonchev–Trinajstić information content (AvgIpc) is 2.88. The first-order valence-electron chi connectivity index (χ1n) is 9.70. The summed E-state index contributed by atoms with van der Waals surface area (Å²) in [5, 5.41) is 3.41. The number of sulfone groups is 1. The molecule has 0 radical (unpaired) electrons. The molecule has 0 atom stereocenters. The maximum Gasteiger partial charge on any atom is 0.341 e. The fourth-order valence-electron chi connectivity index (χ4n) is 3.49. The van der Waals surface area contributed by atoms with Crippen LogP contribution in [0.25, 0.3) is 0 Å². The molecular weight excluding hydrogens is 410 g/mol. The lowest BCUT2D eigenvalue weighted by atomic mass is 10.1. The van der Waals surface area contributed by atoms with Crippen LogP contribution in [0.2, 0.25) is 0 Å². The number of carbonyl (C=O) groups excluding carboxylic acids is 2. The van der Waals surface area contributed by atoms with Gasteiger partial charge in [-0.15, -0.1) is 11.3 Å². The monoisotopic (exact) mass is 435 g/mol. The molecule has 0 saturated heterocycles. The molecule has 0 fully saturated rings. The molecule has 1 amide bonds. The predicted octanol–water partition coefficient (Wildman–Crippen LogP) is 3.78. The van der Waals surface area contributed by atoms with E-state index in [1.54, 1.807) is 19.1 Å². The van der Waals surface area contributed by atoms with Crippen molar-refractivity contribution in [2.45, 2.75) is 50.3 Å². The lowest BCUT2D eigenvalue weighted by molar-refractivity contribution is -0.115. The highest BCUT2D eigenvalue weighted by Gasteiger charge is 2.26. The highest BCUT2D eigenvalue weighted by molar-refractivity contribution is 7.91. The summed E-state index contributed by atoms with van der Waals surface area (Å²) in [5.74, 6) is -0.641. The molecule has 6 nitrogen and oxygen atoms in total. The SMILES string of the molecule is CCS(=O)(=O)c1ccc(CC(=O)Nc2sc3c(c2C(=O)OC)CCCCC3)cc1. The molecule has 0 bridgehead atoms. The number of amides is 1. The number of thiophene rings is 1. The Balaban J connectivity index is 1.78. The Hall–Kier alpha value is -2.19. The summed E-state index contributed by atoms with van der Waals surface area (Å²) in [7, 11) is -1.92. The number of benzene rings is 1. The second-order valence-corrected chi connectivity index (χ2v) is 10.4. The lowest BCUT2D eigenvalue weighted by Crippen LogP contribution is -2.16. The molecule has 3 rings (SSSR count). The Kier molecular flexibility index (Phi) is 6.74. The van der Waals surface area contributed by atoms with E-state index in [0.717, 1.165) is 42.5 Å². The molecule has 0 aliphatic heterocycles. The van der Waals surface area contributed by atoms with Crippen molar-refractivity contribution in [3.05, 3.63) is 45.8 Å². The van der Waals surface area contributed by atoms with E-state index in [1.807, 2.05) is 0 Å². The number of methoxy groups -OCH3 is 1. The van der Waals surface area contributed by atoms with Crippen LogP contribution in [0, 0.1) is 0 Å². The molecule has 1 aromatic carbocycles. The van der Waals surface area contributed by atoms with Crippen molar-refractivity contribution in [1.82, 2.24) is 0 Å². The van der Waals surface area contributed by atoms with Crippen molar-refractivity contribution in [3.8, 4) is 0 Å². The van der Waals surface area contributed by atoms with Crippen LogP contribution in [-0.4, -0.2) is 33.2 Å². The van der Waals surface area contributed by atoms with Gasteiger partial charge in [-0.1, -0.05) is 25.5 Å². The molecule has 0 saturated carbocycles. The van der Waals surface area contributed by atoms with Crippen molar-refractivity contribution < 1.29 is 22.7 Å². The smallest absolute Gasteiger partial charge is 0.341 e. The Morgan fingerprint density at radius 2 is 1.79 bits per heavy atom. The number of anilines is 1. The van der Waals surface area contributed by atoms with Crippen molar-refractivity contribution >= 4 is 38.1 Å². The molecular formula is C21H25NO5S2. The number of esters is 1. The minimum Gasteiger partial charge on any atom is -0.465 e. The predicted molar refractivity (Wildman–Crippen MR) is 113 cm³/mol. The minimum atomic E-state index is -3.27. The van der Waals surface area contributed by atoms with E-state index in [4.69, 9.17) is 4.74 Å². The molecule has 1 aliphatic carbocycles. The zero-order chi connectivity index (χ0) is 21.0. The Labute approximate surface area is 175 Å². The van der Waals surface area contributed by atoms with Gasteiger partial charge in [0.2, 0.25) is 5.91 Å². The largest absolute Gasteiger partial charge is 0.465 e. The minimum absolute atomic E-state index is 0.0339. The lowest BCUT2D eigenvalue weighted by Gasteiger charge is -2.08. The van der Waals surface area contributed by atoms with Gasteiger partial charge in [0.1, 0.15) is 5.00 Å². The zero-order valence-electron chi connectivity index (χ0n) is 16.6. The van der Waals surface area contributed by atoms with Gasteiger partial charge in [-0.05, 0) is 48.9 Å².